The molecule has 0 atom stereocenters. The van der Waals surface area contributed by atoms with Crippen LogP contribution in [0.25, 0.3) is 28.2 Å². The van der Waals surface area contributed by atoms with Crippen molar-refractivity contribution in [3.8, 4) is 28.5 Å². The van der Waals surface area contributed by atoms with Gasteiger partial charge in [0.25, 0.3) is 0 Å². The lowest BCUT2D eigenvalue weighted by Gasteiger charge is -2.06. The summed E-state index contributed by atoms with van der Waals surface area (Å²) in [5, 5.41) is 0.899. The summed E-state index contributed by atoms with van der Waals surface area (Å²) >= 11 is 0. The Morgan fingerprint density at radius 3 is 2.35 bits per heavy atom. The van der Waals surface area contributed by atoms with Crippen LogP contribution >= 0.6 is 0 Å². The number of Topliss-reactive ketones (excluding diaryl/α,β-unsaturated/α-hetero) is 1. The van der Waals surface area contributed by atoms with Crippen molar-refractivity contribution in [1.29, 1.82) is 0 Å². The van der Waals surface area contributed by atoms with E-state index >= 15 is 0 Å². The van der Waals surface area contributed by atoms with Crippen molar-refractivity contribution in [2.75, 3.05) is 7.11 Å². The van der Waals surface area contributed by atoms with Gasteiger partial charge in [0.1, 0.15) is 17.2 Å². The highest BCUT2D eigenvalue weighted by molar-refractivity contribution is 6.16. The molecule has 1 N–H and O–H groups in total. The third kappa shape index (κ3) is 4.15. The Hall–Kier alpha value is -5.10. The van der Waals surface area contributed by atoms with Gasteiger partial charge < -0.3 is 19.2 Å². The summed E-state index contributed by atoms with van der Waals surface area (Å²) in [7, 11) is 1.62. The first-order valence-corrected chi connectivity index (χ1v) is 11.7. The monoisotopic (exact) mass is 487 g/mol. The third-order valence-corrected chi connectivity index (χ3v) is 6.25. The highest BCUT2D eigenvalue weighted by Gasteiger charge is 2.29. The Balaban J connectivity index is 1.37. The lowest BCUT2D eigenvalue weighted by molar-refractivity contribution is 0.0734. The zero-order chi connectivity index (χ0) is 25.4. The minimum atomic E-state index is -0.485. The number of ketones is 1. The third-order valence-electron chi connectivity index (χ3n) is 6.25. The van der Waals surface area contributed by atoms with E-state index < -0.39 is 5.97 Å². The Bertz CT molecular complexity index is 1680. The van der Waals surface area contributed by atoms with Crippen molar-refractivity contribution in [2.45, 2.75) is 0 Å². The van der Waals surface area contributed by atoms with E-state index in [9.17, 15) is 9.59 Å². The number of rotatable bonds is 5. The van der Waals surface area contributed by atoms with E-state index in [1.54, 1.807) is 55.7 Å². The van der Waals surface area contributed by atoms with Crippen LogP contribution in [-0.2, 0) is 0 Å². The molecule has 5 aromatic rings. The molecule has 6 heteroatoms. The molecule has 0 saturated heterocycles. The van der Waals surface area contributed by atoms with E-state index in [-0.39, 0.29) is 11.5 Å². The number of hydrogen-bond donors (Lipinski definition) is 1. The second kappa shape index (κ2) is 9.17. The summed E-state index contributed by atoms with van der Waals surface area (Å²) in [6.07, 6.45) is 1.75. The fourth-order valence-electron chi connectivity index (χ4n) is 4.40. The maximum Gasteiger partial charge on any atom is 0.343 e. The number of H-pyrrole nitrogens is 1. The largest absolute Gasteiger partial charge is 0.497 e. The molecule has 0 spiro atoms. The van der Waals surface area contributed by atoms with E-state index in [4.69, 9.17) is 14.2 Å². The van der Waals surface area contributed by atoms with Crippen LogP contribution in [0.2, 0.25) is 0 Å². The summed E-state index contributed by atoms with van der Waals surface area (Å²) in [6, 6.07) is 29.1. The number of carbonyl (C=O) groups excluding carboxylic acids is 2. The van der Waals surface area contributed by atoms with Crippen molar-refractivity contribution in [3.05, 3.63) is 120 Å². The number of nitrogens with one attached hydrogen (secondary N) is 1. The fourth-order valence-corrected chi connectivity index (χ4v) is 4.40. The van der Waals surface area contributed by atoms with Gasteiger partial charge in [-0.15, -0.1) is 0 Å². The number of carbonyl (C=O) groups is 2. The van der Waals surface area contributed by atoms with Crippen LogP contribution in [0.4, 0.5) is 0 Å². The SMILES string of the molecule is COc1ccc2[nH]c(-c3ccccc3)c(/C=C3/Oc4cc(OC(=O)c5ccccc5)ccc4C3=O)c2c1. The van der Waals surface area contributed by atoms with Gasteiger partial charge in [0.05, 0.1) is 23.9 Å². The average Bonchev–Trinajstić information content (AvgIpc) is 3.46. The van der Waals surface area contributed by atoms with Crippen LogP contribution in [0.15, 0.2) is 103 Å². The predicted molar refractivity (Wildman–Crippen MR) is 141 cm³/mol. The molecular formula is C31H21NO5. The molecule has 180 valence electrons. The Kier molecular flexibility index (Phi) is 5.54. The molecule has 0 unspecified atom stereocenters. The zero-order valence-corrected chi connectivity index (χ0v) is 19.9. The summed E-state index contributed by atoms with van der Waals surface area (Å²) < 4.78 is 16.9. The van der Waals surface area contributed by atoms with Crippen LogP contribution in [0.5, 0.6) is 17.2 Å². The van der Waals surface area contributed by atoms with Crippen LogP contribution in [0.1, 0.15) is 26.3 Å². The minimum Gasteiger partial charge on any atom is -0.497 e. The lowest BCUT2D eigenvalue weighted by atomic mass is 10.0. The molecule has 1 aromatic heterocycles. The Labute approximate surface area is 212 Å². The molecule has 4 aromatic carbocycles. The number of esters is 1. The van der Waals surface area contributed by atoms with Crippen molar-refractivity contribution in [1.82, 2.24) is 4.98 Å². The lowest BCUT2D eigenvalue weighted by Crippen LogP contribution is -2.08. The number of allylic oxidation sites excluding steroid dienone is 1. The van der Waals surface area contributed by atoms with Gasteiger partial charge in [-0.3, -0.25) is 4.79 Å². The number of fused-ring (bicyclic) bond motifs is 2. The number of benzene rings is 4. The molecule has 0 saturated carbocycles. The van der Waals surface area contributed by atoms with Crippen LogP contribution in [0.3, 0.4) is 0 Å². The van der Waals surface area contributed by atoms with Gasteiger partial charge in [0, 0.05) is 22.5 Å². The highest BCUT2D eigenvalue weighted by atomic mass is 16.5. The van der Waals surface area contributed by atoms with E-state index in [0.29, 0.717) is 28.4 Å². The second-order valence-corrected chi connectivity index (χ2v) is 8.54. The number of ether oxygens (including phenoxy) is 3. The summed E-state index contributed by atoms with van der Waals surface area (Å²) in [5.74, 6) is 0.796. The van der Waals surface area contributed by atoms with Gasteiger partial charge in [0.2, 0.25) is 5.78 Å². The smallest absolute Gasteiger partial charge is 0.343 e. The molecule has 6 rings (SSSR count). The molecule has 6 nitrogen and oxygen atoms in total. The van der Waals surface area contributed by atoms with Gasteiger partial charge in [-0.2, -0.15) is 0 Å². The van der Waals surface area contributed by atoms with Crippen molar-refractivity contribution < 1.29 is 23.8 Å². The molecule has 37 heavy (non-hydrogen) atoms. The number of aromatic nitrogens is 1. The van der Waals surface area contributed by atoms with E-state index in [0.717, 1.165) is 27.7 Å². The normalized spacial score (nSPS) is 13.4. The Morgan fingerprint density at radius 1 is 0.865 bits per heavy atom. The van der Waals surface area contributed by atoms with Gasteiger partial charge in [-0.05, 0) is 54.1 Å². The van der Waals surface area contributed by atoms with Crippen molar-refractivity contribution in [2.24, 2.45) is 0 Å². The predicted octanol–water partition coefficient (Wildman–Crippen LogP) is 6.68. The number of hydrogen-bond acceptors (Lipinski definition) is 5. The summed E-state index contributed by atoms with van der Waals surface area (Å²) in [4.78, 5) is 29.2. The zero-order valence-electron chi connectivity index (χ0n) is 19.9. The minimum absolute atomic E-state index is 0.183. The second-order valence-electron chi connectivity index (χ2n) is 8.54. The standard InChI is InChI=1S/C31H21NO5/c1-35-21-13-15-26-24(16-21)25(29(32-26)19-8-4-2-5-9-19)18-28-30(33)23-14-12-22(17-27(23)37-28)36-31(34)20-10-6-3-7-11-20/h2-18,32H,1H3/b28-18+. The van der Waals surface area contributed by atoms with Crippen molar-refractivity contribution in [3.63, 3.8) is 0 Å². The molecule has 0 fully saturated rings. The maximum absolute atomic E-state index is 13.2. The quantitative estimate of drug-likeness (QED) is 0.170. The van der Waals surface area contributed by atoms with E-state index in [1.165, 1.54) is 0 Å². The molecule has 0 bridgehead atoms. The van der Waals surface area contributed by atoms with Gasteiger partial charge in [0.15, 0.2) is 5.76 Å². The van der Waals surface area contributed by atoms with Crippen LogP contribution in [-0.4, -0.2) is 23.8 Å². The molecule has 0 aliphatic carbocycles. The highest BCUT2D eigenvalue weighted by Crippen LogP contribution is 2.38. The maximum atomic E-state index is 13.2. The first-order valence-electron chi connectivity index (χ1n) is 11.7. The fraction of sp³-hybridized carbons (Fsp3) is 0.0323. The van der Waals surface area contributed by atoms with Gasteiger partial charge in [-0.25, -0.2) is 4.79 Å². The van der Waals surface area contributed by atoms with Crippen molar-refractivity contribution >= 4 is 28.7 Å². The Morgan fingerprint density at radius 2 is 1.59 bits per heavy atom. The number of aromatic amines is 1. The molecule has 0 radical (unpaired) electrons. The first-order chi connectivity index (χ1) is 18.1. The van der Waals surface area contributed by atoms with Crippen LogP contribution in [0, 0.1) is 0 Å². The molecule has 1 aliphatic rings. The molecule has 0 amide bonds. The number of methoxy groups -OCH3 is 1. The topological polar surface area (TPSA) is 77.6 Å². The molecular weight excluding hydrogens is 466 g/mol. The van der Waals surface area contributed by atoms with Gasteiger partial charge in [-0.1, -0.05) is 48.5 Å². The summed E-state index contributed by atoms with van der Waals surface area (Å²) in [5.41, 5.74) is 4.40. The molecule has 1 aliphatic heterocycles. The average molecular weight is 488 g/mol. The van der Waals surface area contributed by atoms with E-state index in [1.807, 2.05) is 54.6 Å². The van der Waals surface area contributed by atoms with E-state index in [2.05, 4.69) is 4.98 Å². The first kappa shape index (κ1) is 22.4. The van der Waals surface area contributed by atoms with Crippen LogP contribution < -0.4 is 14.2 Å². The van der Waals surface area contributed by atoms with Gasteiger partial charge >= 0.3 is 5.97 Å². The summed E-state index contributed by atoms with van der Waals surface area (Å²) in [6.45, 7) is 0. The molecule has 2 heterocycles.